The highest BCUT2D eigenvalue weighted by molar-refractivity contribution is 5.54. The highest BCUT2D eigenvalue weighted by Crippen LogP contribution is 2.22. The van der Waals surface area contributed by atoms with Crippen molar-refractivity contribution in [3.05, 3.63) is 45.5 Å². The smallest absolute Gasteiger partial charge is 0.305 e. The Morgan fingerprint density at radius 2 is 2.06 bits per heavy atom. The van der Waals surface area contributed by atoms with E-state index in [0.717, 1.165) is 6.07 Å². The average Bonchev–Trinajstić information content (AvgIpc) is 2.21. The Morgan fingerprint density at radius 1 is 1.38 bits per heavy atom. The molecule has 0 bridgehead atoms. The minimum absolute atomic E-state index is 0.0263. The topological polar surface area (TPSA) is 69.2 Å². The van der Waals surface area contributed by atoms with Crippen LogP contribution in [0.4, 0.5) is 14.5 Å². The van der Waals surface area contributed by atoms with Crippen LogP contribution in [0.3, 0.4) is 0 Å². The highest BCUT2D eigenvalue weighted by Gasteiger charge is 2.16. The summed E-state index contributed by atoms with van der Waals surface area (Å²) in [6.07, 6.45) is 3.43. The lowest BCUT2D eigenvalue weighted by Gasteiger charge is -1.99. The molecule has 0 aliphatic carbocycles. The van der Waals surface area contributed by atoms with Crippen molar-refractivity contribution in [2.45, 2.75) is 6.42 Å². The molecule has 0 aromatic heterocycles. The summed E-state index contributed by atoms with van der Waals surface area (Å²) in [5.74, 6) is -2.02. The van der Waals surface area contributed by atoms with Gasteiger partial charge in [-0.3, -0.25) is 10.1 Å². The van der Waals surface area contributed by atoms with Crippen molar-refractivity contribution in [3.8, 4) is 0 Å². The number of hydrogen-bond acceptors (Lipinski definition) is 3. The largest absolute Gasteiger partial charge is 0.330 e. The van der Waals surface area contributed by atoms with Crippen molar-refractivity contribution in [3.63, 3.8) is 0 Å². The van der Waals surface area contributed by atoms with Crippen molar-refractivity contribution in [1.82, 2.24) is 0 Å². The van der Waals surface area contributed by atoms with Crippen LogP contribution < -0.4 is 5.73 Å². The van der Waals surface area contributed by atoms with Crippen LogP contribution in [-0.2, 0) is 0 Å². The fraction of sp³-hybridized carbons (Fsp3) is 0.200. The quantitative estimate of drug-likeness (QED) is 0.634. The molecule has 0 heterocycles. The van der Waals surface area contributed by atoms with Crippen LogP contribution in [-0.4, -0.2) is 11.5 Å². The van der Waals surface area contributed by atoms with Gasteiger partial charge in [0.25, 0.3) is 0 Å². The average molecular weight is 228 g/mol. The molecule has 0 spiro atoms. The monoisotopic (exact) mass is 228 g/mol. The molecule has 0 atom stereocenters. The number of halogens is 2. The standard InChI is InChI=1S/C10H10F2N2O2/c11-8-6-9(12)10(14(15)16)5-7(8)3-1-2-4-13/h1,3,5-6H,2,4,13H2. The van der Waals surface area contributed by atoms with Gasteiger partial charge in [0, 0.05) is 17.7 Å². The van der Waals surface area contributed by atoms with Gasteiger partial charge in [-0.05, 0) is 13.0 Å². The first kappa shape index (κ1) is 12.3. The van der Waals surface area contributed by atoms with Gasteiger partial charge in [0.1, 0.15) is 5.82 Å². The van der Waals surface area contributed by atoms with E-state index in [-0.39, 0.29) is 5.56 Å². The van der Waals surface area contributed by atoms with E-state index in [0.29, 0.717) is 19.0 Å². The minimum atomic E-state index is -1.18. The summed E-state index contributed by atoms with van der Waals surface area (Å²) in [6.45, 7) is 0.390. The van der Waals surface area contributed by atoms with E-state index < -0.39 is 22.2 Å². The molecule has 16 heavy (non-hydrogen) atoms. The molecular formula is C10H10F2N2O2. The van der Waals surface area contributed by atoms with E-state index in [1.165, 1.54) is 6.08 Å². The number of rotatable bonds is 4. The molecule has 1 aromatic carbocycles. The minimum Gasteiger partial charge on any atom is -0.330 e. The number of nitrogens with two attached hydrogens (primary N) is 1. The van der Waals surface area contributed by atoms with Gasteiger partial charge in [0.2, 0.25) is 5.82 Å². The fourth-order valence-electron chi connectivity index (χ4n) is 1.13. The molecule has 0 aliphatic heterocycles. The molecule has 0 unspecified atom stereocenters. The lowest BCUT2D eigenvalue weighted by Crippen LogP contribution is -1.96. The van der Waals surface area contributed by atoms with Gasteiger partial charge >= 0.3 is 5.69 Å². The highest BCUT2D eigenvalue weighted by atomic mass is 19.1. The first-order valence-electron chi connectivity index (χ1n) is 4.56. The third kappa shape index (κ3) is 2.83. The summed E-state index contributed by atoms with van der Waals surface area (Å²) < 4.78 is 26.1. The molecule has 0 fully saturated rings. The van der Waals surface area contributed by atoms with Gasteiger partial charge in [-0.15, -0.1) is 0 Å². The molecular weight excluding hydrogens is 218 g/mol. The van der Waals surface area contributed by atoms with Crippen molar-refractivity contribution >= 4 is 11.8 Å². The van der Waals surface area contributed by atoms with Crippen LogP contribution >= 0.6 is 0 Å². The Bertz CT molecular complexity index is 433. The van der Waals surface area contributed by atoms with E-state index in [1.807, 2.05) is 0 Å². The molecule has 1 rings (SSSR count). The molecule has 0 saturated carbocycles. The van der Waals surface area contributed by atoms with Crippen molar-refractivity contribution in [2.24, 2.45) is 5.73 Å². The van der Waals surface area contributed by atoms with Crippen molar-refractivity contribution in [1.29, 1.82) is 0 Å². The predicted molar refractivity (Wildman–Crippen MR) is 55.7 cm³/mol. The second-order valence-corrected chi connectivity index (χ2v) is 3.06. The second-order valence-electron chi connectivity index (χ2n) is 3.06. The fourth-order valence-corrected chi connectivity index (χ4v) is 1.13. The maximum atomic E-state index is 13.2. The molecule has 0 aliphatic rings. The Kier molecular flexibility index (Phi) is 4.07. The zero-order valence-corrected chi connectivity index (χ0v) is 8.32. The van der Waals surface area contributed by atoms with Crippen molar-refractivity contribution in [2.75, 3.05) is 6.54 Å². The number of hydrogen-bond donors (Lipinski definition) is 1. The lowest BCUT2D eigenvalue weighted by molar-refractivity contribution is -0.387. The Hall–Kier alpha value is -1.82. The van der Waals surface area contributed by atoms with E-state index in [2.05, 4.69) is 0 Å². The summed E-state index contributed by atoms with van der Waals surface area (Å²) in [7, 11) is 0. The van der Waals surface area contributed by atoms with E-state index in [1.54, 1.807) is 6.08 Å². The summed E-state index contributed by atoms with van der Waals surface area (Å²) in [6, 6.07) is 1.36. The maximum Gasteiger partial charge on any atom is 0.305 e. The zero-order chi connectivity index (χ0) is 12.1. The van der Waals surface area contributed by atoms with Crippen molar-refractivity contribution < 1.29 is 13.7 Å². The predicted octanol–water partition coefficient (Wildman–Crippen LogP) is 2.24. The number of nitrogens with zero attached hydrogens (tertiary/aromatic N) is 1. The molecule has 0 amide bonds. The Labute approximate surface area is 90.5 Å². The molecule has 0 saturated heterocycles. The van der Waals surface area contributed by atoms with Gasteiger partial charge in [-0.25, -0.2) is 4.39 Å². The van der Waals surface area contributed by atoms with Crippen LogP contribution in [0, 0.1) is 21.7 Å². The summed E-state index contributed by atoms with van der Waals surface area (Å²) in [5.41, 5.74) is 4.45. The normalized spacial score (nSPS) is 10.9. The summed E-state index contributed by atoms with van der Waals surface area (Å²) in [4.78, 5) is 9.52. The number of benzene rings is 1. The molecule has 0 radical (unpaired) electrons. The summed E-state index contributed by atoms with van der Waals surface area (Å²) >= 11 is 0. The van der Waals surface area contributed by atoms with Crippen LogP contribution in [0.15, 0.2) is 18.2 Å². The first-order chi connectivity index (χ1) is 7.56. The van der Waals surface area contributed by atoms with Crippen LogP contribution in [0.5, 0.6) is 0 Å². The summed E-state index contributed by atoms with van der Waals surface area (Å²) in [5, 5.41) is 10.4. The van der Waals surface area contributed by atoms with Gasteiger partial charge in [-0.1, -0.05) is 12.2 Å². The number of nitro groups is 1. The number of nitro benzene ring substituents is 1. The Morgan fingerprint density at radius 3 is 2.62 bits per heavy atom. The third-order valence-corrected chi connectivity index (χ3v) is 1.89. The molecule has 6 heteroatoms. The van der Waals surface area contributed by atoms with Gasteiger partial charge in [0.05, 0.1) is 4.92 Å². The molecule has 2 N–H and O–H groups in total. The molecule has 1 aromatic rings. The van der Waals surface area contributed by atoms with Gasteiger partial charge in [0.15, 0.2) is 0 Å². The van der Waals surface area contributed by atoms with Crippen LogP contribution in [0.2, 0.25) is 0 Å². The van der Waals surface area contributed by atoms with Gasteiger partial charge < -0.3 is 5.73 Å². The van der Waals surface area contributed by atoms with Crippen LogP contribution in [0.1, 0.15) is 12.0 Å². The van der Waals surface area contributed by atoms with E-state index in [9.17, 15) is 18.9 Å². The van der Waals surface area contributed by atoms with E-state index >= 15 is 0 Å². The molecule has 86 valence electrons. The molecule has 4 nitrogen and oxygen atoms in total. The zero-order valence-electron chi connectivity index (χ0n) is 8.32. The third-order valence-electron chi connectivity index (χ3n) is 1.89. The van der Waals surface area contributed by atoms with Crippen LogP contribution in [0.25, 0.3) is 6.08 Å². The first-order valence-corrected chi connectivity index (χ1v) is 4.56. The lowest BCUT2D eigenvalue weighted by atomic mass is 10.1. The van der Waals surface area contributed by atoms with E-state index in [4.69, 9.17) is 5.73 Å². The Balaban J connectivity index is 3.09. The second kappa shape index (κ2) is 5.32. The van der Waals surface area contributed by atoms with Gasteiger partial charge in [-0.2, -0.15) is 4.39 Å². The SMILES string of the molecule is NCCC=Cc1cc([N+](=O)[O-])c(F)cc1F. The maximum absolute atomic E-state index is 13.2.